The maximum atomic E-state index is 12.5. The van der Waals surface area contributed by atoms with Gasteiger partial charge in [-0.15, -0.1) is 0 Å². The molecular formula is C16H23N3O4S. The molecule has 1 aliphatic heterocycles. The summed E-state index contributed by atoms with van der Waals surface area (Å²) < 4.78 is 22.8. The van der Waals surface area contributed by atoms with Crippen molar-refractivity contribution in [2.24, 2.45) is 5.73 Å². The van der Waals surface area contributed by atoms with E-state index in [1.165, 1.54) is 4.90 Å². The molecule has 1 heterocycles. The predicted molar refractivity (Wildman–Crippen MR) is 90.8 cm³/mol. The van der Waals surface area contributed by atoms with Gasteiger partial charge in [0.25, 0.3) is 0 Å². The normalized spacial score (nSPS) is 20.3. The van der Waals surface area contributed by atoms with Crippen molar-refractivity contribution >= 4 is 21.7 Å². The zero-order valence-electron chi connectivity index (χ0n) is 13.6. The van der Waals surface area contributed by atoms with Gasteiger partial charge in [0.1, 0.15) is 6.04 Å². The van der Waals surface area contributed by atoms with Crippen LogP contribution in [-0.4, -0.2) is 55.8 Å². The summed E-state index contributed by atoms with van der Waals surface area (Å²) in [5, 5.41) is 2.68. The lowest BCUT2D eigenvalue weighted by Crippen LogP contribution is -2.46. The fourth-order valence-electron chi connectivity index (χ4n) is 2.70. The van der Waals surface area contributed by atoms with Crippen LogP contribution < -0.4 is 11.1 Å². The molecule has 24 heavy (non-hydrogen) atoms. The fraction of sp³-hybridized carbons (Fsp3) is 0.500. The molecule has 2 amide bonds. The zero-order valence-corrected chi connectivity index (χ0v) is 14.5. The van der Waals surface area contributed by atoms with Crippen LogP contribution in [0.2, 0.25) is 0 Å². The molecule has 0 bridgehead atoms. The molecule has 3 N–H and O–H groups in total. The van der Waals surface area contributed by atoms with Gasteiger partial charge in [0.05, 0.1) is 18.1 Å². The third-order valence-corrected chi connectivity index (χ3v) is 5.82. The van der Waals surface area contributed by atoms with E-state index in [2.05, 4.69) is 5.32 Å². The van der Waals surface area contributed by atoms with Gasteiger partial charge >= 0.3 is 0 Å². The van der Waals surface area contributed by atoms with E-state index in [4.69, 9.17) is 5.73 Å². The van der Waals surface area contributed by atoms with Crippen molar-refractivity contribution in [2.75, 3.05) is 24.6 Å². The van der Waals surface area contributed by atoms with Gasteiger partial charge in [-0.1, -0.05) is 30.3 Å². The smallest absolute Gasteiger partial charge is 0.244 e. The van der Waals surface area contributed by atoms with E-state index in [-0.39, 0.29) is 35.9 Å². The van der Waals surface area contributed by atoms with Crippen LogP contribution in [-0.2, 0) is 19.4 Å². The number of benzene rings is 1. The molecule has 0 aromatic heterocycles. The topological polar surface area (TPSA) is 110 Å². The van der Waals surface area contributed by atoms with E-state index in [1.807, 2.05) is 6.07 Å². The molecule has 2 atom stereocenters. The first-order chi connectivity index (χ1) is 11.3. The van der Waals surface area contributed by atoms with Crippen LogP contribution in [0.5, 0.6) is 0 Å². The number of likely N-dealkylation sites (N-methyl/N-ethyl adjacent to an activating group) is 1. The highest BCUT2D eigenvalue weighted by Gasteiger charge is 2.30. The SMILES string of the molecule is CCN(CC(=O)NC1CCS(=O)(=O)C1)C(=O)C(N)c1ccccc1. The predicted octanol–water partition coefficient (Wildman–Crippen LogP) is -0.162. The van der Waals surface area contributed by atoms with Crippen LogP contribution in [0.15, 0.2) is 30.3 Å². The van der Waals surface area contributed by atoms with Gasteiger partial charge in [-0.25, -0.2) is 8.42 Å². The Morgan fingerprint density at radius 1 is 1.33 bits per heavy atom. The molecule has 0 aliphatic carbocycles. The minimum absolute atomic E-state index is 0.0393. The molecule has 1 aromatic rings. The van der Waals surface area contributed by atoms with E-state index in [0.717, 1.165) is 0 Å². The van der Waals surface area contributed by atoms with Gasteiger partial charge in [0.2, 0.25) is 11.8 Å². The van der Waals surface area contributed by atoms with Gasteiger partial charge in [-0.2, -0.15) is 0 Å². The Hall–Kier alpha value is -1.93. The van der Waals surface area contributed by atoms with Gasteiger partial charge in [0, 0.05) is 12.6 Å². The Bertz CT molecular complexity index is 691. The highest BCUT2D eigenvalue weighted by atomic mass is 32.2. The van der Waals surface area contributed by atoms with E-state index < -0.39 is 15.9 Å². The lowest BCUT2D eigenvalue weighted by molar-refractivity contribution is -0.137. The first-order valence-electron chi connectivity index (χ1n) is 7.91. The molecule has 2 unspecified atom stereocenters. The summed E-state index contributed by atoms with van der Waals surface area (Å²) in [7, 11) is -3.06. The van der Waals surface area contributed by atoms with Crippen LogP contribution in [0.1, 0.15) is 24.9 Å². The molecular weight excluding hydrogens is 330 g/mol. The number of nitrogens with one attached hydrogen (secondary N) is 1. The van der Waals surface area contributed by atoms with Crippen LogP contribution >= 0.6 is 0 Å². The Morgan fingerprint density at radius 2 is 2.00 bits per heavy atom. The first kappa shape index (κ1) is 18.4. The summed E-state index contributed by atoms with van der Waals surface area (Å²) in [6.07, 6.45) is 0.414. The van der Waals surface area contributed by atoms with Crippen molar-refractivity contribution in [2.45, 2.75) is 25.4 Å². The lowest BCUT2D eigenvalue weighted by atomic mass is 10.1. The van der Waals surface area contributed by atoms with E-state index in [9.17, 15) is 18.0 Å². The van der Waals surface area contributed by atoms with Gasteiger partial charge in [-0.3, -0.25) is 9.59 Å². The monoisotopic (exact) mass is 353 g/mol. The number of carbonyl (C=O) groups is 2. The maximum absolute atomic E-state index is 12.5. The summed E-state index contributed by atoms with van der Waals surface area (Å²) in [4.78, 5) is 25.9. The third-order valence-electron chi connectivity index (χ3n) is 4.05. The number of hydrogen-bond acceptors (Lipinski definition) is 5. The number of amides is 2. The second-order valence-electron chi connectivity index (χ2n) is 5.91. The van der Waals surface area contributed by atoms with Crippen molar-refractivity contribution < 1.29 is 18.0 Å². The fourth-order valence-corrected chi connectivity index (χ4v) is 4.37. The zero-order chi connectivity index (χ0) is 17.7. The number of hydrogen-bond donors (Lipinski definition) is 2. The van der Waals surface area contributed by atoms with Gasteiger partial charge in [-0.05, 0) is 18.9 Å². The van der Waals surface area contributed by atoms with Crippen molar-refractivity contribution in [3.63, 3.8) is 0 Å². The minimum Gasteiger partial charge on any atom is -0.351 e. The summed E-state index contributed by atoms with van der Waals surface area (Å²) in [5.41, 5.74) is 6.67. The van der Waals surface area contributed by atoms with Crippen LogP contribution in [0.3, 0.4) is 0 Å². The van der Waals surface area contributed by atoms with E-state index >= 15 is 0 Å². The second kappa shape index (κ2) is 7.76. The molecule has 2 rings (SSSR count). The Labute approximate surface area is 142 Å². The summed E-state index contributed by atoms with van der Waals surface area (Å²) in [6.45, 7) is 1.98. The van der Waals surface area contributed by atoms with Gasteiger partial charge in [0.15, 0.2) is 9.84 Å². The molecule has 0 radical (unpaired) electrons. The first-order valence-corrected chi connectivity index (χ1v) is 9.73. The lowest BCUT2D eigenvalue weighted by Gasteiger charge is -2.24. The van der Waals surface area contributed by atoms with Gasteiger partial charge < -0.3 is 16.0 Å². The molecule has 0 saturated carbocycles. The van der Waals surface area contributed by atoms with Crippen molar-refractivity contribution in [1.29, 1.82) is 0 Å². The maximum Gasteiger partial charge on any atom is 0.244 e. The van der Waals surface area contributed by atoms with Crippen molar-refractivity contribution in [3.8, 4) is 0 Å². The number of rotatable bonds is 6. The largest absolute Gasteiger partial charge is 0.351 e. The van der Waals surface area contributed by atoms with E-state index in [0.29, 0.717) is 18.5 Å². The third kappa shape index (κ3) is 4.78. The van der Waals surface area contributed by atoms with Crippen molar-refractivity contribution in [1.82, 2.24) is 10.2 Å². The molecule has 0 spiro atoms. The Balaban J connectivity index is 1.93. The molecule has 1 fully saturated rings. The number of nitrogens with zero attached hydrogens (tertiary/aromatic N) is 1. The Morgan fingerprint density at radius 3 is 2.54 bits per heavy atom. The van der Waals surface area contributed by atoms with Crippen LogP contribution in [0.25, 0.3) is 0 Å². The van der Waals surface area contributed by atoms with Crippen LogP contribution in [0, 0.1) is 0 Å². The Kier molecular flexibility index (Phi) is 5.95. The van der Waals surface area contributed by atoms with Crippen molar-refractivity contribution in [3.05, 3.63) is 35.9 Å². The molecule has 1 aromatic carbocycles. The summed E-state index contributed by atoms with van der Waals surface area (Å²) in [5.74, 6) is -0.652. The summed E-state index contributed by atoms with van der Waals surface area (Å²) in [6, 6.07) is 7.75. The molecule has 132 valence electrons. The molecule has 1 saturated heterocycles. The minimum atomic E-state index is -3.06. The second-order valence-corrected chi connectivity index (χ2v) is 8.14. The summed E-state index contributed by atoms with van der Waals surface area (Å²) >= 11 is 0. The number of carbonyl (C=O) groups excluding carboxylic acids is 2. The average Bonchev–Trinajstić information content (AvgIpc) is 2.90. The molecule has 7 nitrogen and oxygen atoms in total. The highest BCUT2D eigenvalue weighted by molar-refractivity contribution is 7.91. The standard InChI is InChI=1S/C16H23N3O4S/c1-2-19(16(21)15(17)12-6-4-3-5-7-12)10-14(20)18-13-8-9-24(22,23)11-13/h3-7,13,15H,2,8-11,17H2,1H3,(H,18,20). The molecule has 8 heteroatoms. The van der Waals surface area contributed by atoms with E-state index in [1.54, 1.807) is 31.2 Å². The quantitative estimate of drug-likeness (QED) is 0.738. The van der Waals surface area contributed by atoms with Crippen LogP contribution in [0.4, 0.5) is 0 Å². The number of sulfone groups is 1. The molecule has 1 aliphatic rings. The average molecular weight is 353 g/mol. The number of nitrogens with two attached hydrogens (primary N) is 1. The highest BCUT2D eigenvalue weighted by Crippen LogP contribution is 2.13.